The molecular formula is C19H17FN2O2. The molecule has 0 atom stereocenters. The van der Waals surface area contributed by atoms with Crippen LogP contribution in [0.3, 0.4) is 0 Å². The highest BCUT2D eigenvalue weighted by Crippen LogP contribution is 2.25. The standard InChI is InChI=1S/C19H17FN2O2/c20-14-11-9-13(10-12-14)19-17(7-3-4-8-18(23)24)21-15-5-1-2-6-16(15)22-19/h1-2,5-6,9-12H,3-4,7-8H2,(H,23,24). The zero-order valence-electron chi connectivity index (χ0n) is 13.1. The highest BCUT2D eigenvalue weighted by atomic mass is 19.1. The number of fused-ring (bicyclic) bond motifs is 1. The molecule has 0 aliphatic rings. The summed E-state index contributed by atoms with van der Waals surface area (Å²) in [6.45, 7) is 0. The molecule has 5 heteroatoms. The predicted molar refractivity (Wildman–Crippen MR) is 90.1 cm³/mol. The number of hydrogen-bond acceptors (Lipinski definition) is 3. The fraction of sp³-hybridized carbons (Fsp3) is 0.211. The highest BCUT2D eigenvalue weighted by molar-refractivity contribution is 5.78. The summed E-state index contributed by atoms with van der Waals surface area (Å²) in [6.07, 6.45) is 2.09. The molecule has 2 aromatic carbocycles. The molecule has 0 bridgehead atoms. The van der Waals surface area contributed by atoms with E-state index in [-0.39, 0.29) is 12.2 Å². The van der Waals surface area contributed by atoms with Gasteiger partial charge in [0.05, 0.1) is 22.4 Å². The molecule has 0 unspecified atom stereocenters. The van der Waals surface area contributed by atoms with Gasteiger partial charge in [0.2, 0.25) is 0 Å². The van der Waals surface area contributed by atoms with Crippen LogP contribution in [-0.2, 0) is 11.2 Å². The number of rotatable bonds is 6. The predicted octanol–water partition coefficient (Wildman–Crippen LogP) is 4.23. The first-order chi connectivity index (χ1) is 11.6. The second kappa shape index (κ2) is 7.17. The largest absolute Gasteiger partial charge is 0.481 e. The molecule has 122 valence electrons. The van der Waals surface area contributed by atoms with Gasteiger partial charge < -0.3 is 5.11 Å². The van der Waals surface area contributed by atoms with Crippen molar-refractivity contribution in [3.8, 4) is 11.3 Å². The molecule has 0 fully saturated rings. The first kappa shape index (κ1) is 16.1. The number of halogens is 1. The number of unbranched alkanes of at least 4 members (excludes halogenated alkanes) is 1. The number of carboxylic acid groups (broad SMARTS) is 1. The van der Waals surface area contributed by atoms with Gasteiger partial charge in [-0.25, -0.2) is 14.4 Å². The lowest BCUT2D eigenvalue weighted by Crippen LogP contribution is -2.01. The summed E-state index contributed by atoms with van der Waals surface area (Å²) in [7, 11) is 0. The Kier molecular flexibility index (Phi) is 4.79. The molecular weight excluding hydrogens is 307 g/mol. The monoisotopic (exact) mass is 324 g/mol. The van der Waals surface area contributed by atoms with Crippen LogP contribution in [0, 0.1) is 5.82 Å². The Hall–Kier alpha value is -2.82. The summed E-state index contributed by atoms with van der Waals surface area (Å²) in [5.41, 5.74) is 3.93. The lowest BCUT2D eigenvalue weighted by atomic mass is 10.0. The first-order valence-electron chi connectivity index (χ1n) is 7.87. The third kappa shape index (κ3) is 3.74. The van der Waals surface area contributed by atoms with E-state index in [1.807, 2.05) is 24.3 Å². The van der Waals surface area contributed by atoms with E-state index in [0.717, 1.165) is 28.0 Å². The summed E-state index contributed by atoms with van der Waals surface area (Å²) in [4.78, 5) is 20.0. The number of aromatic nitrogens is 2. The summed E-state index contributed by atoms with van der Waals surface area (Å²) >= 11 is 0. The van der Waals surface area contributed by atoms with Gasteiger partial charge >= 0.3 is 5.97 Å². The van der Waals surface area contributed by atoms with E-state index in [1.165, 1.54) is 12.1 Å². The molecule has 3 aromatic rings. The van der Waals surface area contributed by atoms with Crippen molar-refractivity contribution in [1.29, 1.82) is 0 Å². The van der Waals surface area contributed by atoms with Crippen LogP contribution >= 0.6 is 0 Å². The summed E-state index contributed by atoms with van der Waals surface area (Å²) in [6, 6.07) is 13.8. The second-order valence-electron chi connectivity index (χ2n) is 5.62. The Morgan fingerprint density at radius 2 is 1.62 bits per heavy atom. The van der Waals surface area contributed by atoms with Crippen LogP contribution in [0.5, 0.6) is 0 Å². The third-order valence-electron chi connectivity index (χ3n) is 3.81. The van der Waals surface area contributed by atoms with E-state index in [4.69, 9.17) is 5.11 Å². The van der Waals surface area contributed by atoms with Gasteiger partial charge in [-0.3, -0.25) is 4.79 Å². The van der Waals surface area contributed by atoms with Gasteiger partial charge in [0.15, 0.2) is 0 Å². The highest BCUT2D eigenvalue weighted by Gasteiger charge is 2.11. The molecule has 1 N–H and O–H groups in total. The maximum Gasteiger partial charge on any atom is 0.303 e. The van der Waals surface area contributed by atoms with Crippen LogP contribution in [0.4, 0.5) is 4.39 Å². The number of aliphatic carboxylic acids is 1. The number of aryl methyl sites for hydroxylation is 1. The molecule has 0 aliphatic heterocycles. The molecule has 0 aliphatic carbocycles. The number of hydrogen-bond donors (Lipinski definition) is 1. The molecule has 0 saturated carbocycles. The van der Waals surface area contributed by atoms with Gasteiger partial charge in [0.25, 0.3) is 0 Å². The van der Waals surface area contributed by atoms with Crippen molar-refractivity contribution in [2.24, 2.45) is 0 Å². The molecule has 1 aromatic heterocycles. The quantitative estimate of drug-likeness (QED) is 0.689. The molecule has 0 radical (unpaired) electrons. The van der Waals surface area contributed by atoms with Crippen LogP contribution in [0.25, 0.3) is 22.3 Å². The second-order valence-corrected chi connectivity index (χ2v) is 5.62. The summed E-state index contributed by atoms with van der Waals surface area (Å²) in [5, 5.41) is 8.75. The topological polar surface area (TPSA) is 63.1 Å². The van der Waals surface area contributed by atoms with Gasteiger partial charge in [-0.2, -0.15) is 0 Å². The van der Waals surface area contributed by atoms with Crippen molar-refractivity contribution in [1.82, 2.24) is 9.97 Å². The van der Waals surface area contributed by atoms with Crippen molar-refractivity contribution in [2.75, 3.05) is 0 Å². The molecule has 3 rings (SSSR count). The van der Waals surface area contributed by atoms with Crippen molar-refractivity contribution >= 4 is 17.0 Å². The van der Waals surface area contributed by atoms with E-state index >= 15 is 0 Å². The van der Waals surface area contributed by atoms with Gasteiger partial charge in [-0.05, 0) is 55.7 Å². The fourth-order valence-corrected chi connectivity index (χ4v) is 2.62. The Balaban J connectivity index is 1.95. The van der Waals surface area contributed by atoms with Crippen molar-refractivity contribution in [3.05, 3.63) is 60.0 Å². The van der Waals surface area contributed by atoms with E-state index in [1.54, 1.807) is 12.1 Å². The van der Waals surface area contributed by atoms with Gasteiger partial charge in [-0.1, -0.05) is 12.1 Å². The van der Waals surface area contributed by atoms with E-state index in [0.29, 0.717) is 19.3 Å². The first-order valence-corrected chi connectivity index (χ1v) is 7.87. The number of nitrogens with zero attached hydrogens (tertiary/aromatic N) is 2. The van der Waals surface area contributed by atoms with Crippen LogP contribution in [0.1, 0.15) is 25.0 Å². The number of carbonyl (C=O) groups is 1. The molecule has 1 heterocycles. The van der Waals surface area contributed by atoms with Crippen LogP contribution < -0.4 is 0 Å². The minimum atomic E-state index is -0.793. The normalized spacial score (nSPS) is 10.9. The van der Waals surface area contributed by atoms with Crippen LogP contribution in [0.15, 0.2) is 48.5 Å². The Morgan fingerprint density at radius 3 is 2.29 bits per heavy atom. The van der Waals surface area contributed by atoms with Crippen molar-refractivity contribution < 1.29 is 14.3 Å². The SMILES string of the molecule is O=C(O)CCCCc1nc2ccccc2nc1-c1ccc(F)cc1. The fourth-order valence-electron chi connectivity index (χ4n) is 2.62. The smallest absolute Gasteiger partial charge is 0.303 e. The van der Waals surface area contributed by atoms with E-state index in [9.17, 15) is 9.18 Å². The lowest BCUT2D eigenvalue weighted by molar-refractivity contribution is -0.137. The summed E-state index contributed by atoms with van der Waals surface area (Å²) < 4.78 is 13.2. The lowest BCUT2D eigenvalue weighted by Gasteiger charge is -2.10. The molecule has 4 nitrogen and oxygen atoms in total. The number of benzene rings is 2. The molecule has 0 saturated heterocycles. The Bertz CT molecular complexity index is 863. The molecule has 0 spiro atoms. The third-order valence-corrected chi connectivity index (χ3v) is 3.81. The van der Waals surface area contributed by atoms with E-state index in [2.05, 4.69) is 9.97 Å². The van der Waals surface area contributed by atoms with Crippen molar-refractivity contribution in [3.63, 3.8) is 0 Å². The summed E-state index contributed by atoms with van der Waals surface area (Å²) in [5.74, 6) is -1.09. The molecule has 24 heavy (non-hydrogen) atoms. The zero-order chi connectivity index (χ0) is 16.9. The van der Waals surface area contributed by atoms with Crippen LogP contribution in [-0.4, -0.2) is 21.0 Å². The Morgan fingerprint density at radius 1 is 0.958 bits per heavy atom. The van der Waals surface area contributed by atoms with Crippen molar-refractivity contribution in [2.45, 2.75) is 25.7 Å². The average Bonchev–Trinajstić information content (AvgIpc) is 2.58. The maximum absolute atomic E-state index is 13.2. The van der Waals surface area contributed by atoms with Gasteiger partial charge in [0, 0.05) is 12.0 Å². The van der Waals surface area contributed by atoms with Gasteiger partial charge in [0.1, 0.15) is 5.82 Å². The minimum Gasteiger partial charge on any atom is -0.481 e. The zero-order valence-corrected chi connectivity index (χ0v) is 13.1. The Labute approximate surface area is 139 Å². The molecule has 0 amide bonds. The van der Waals surface area contributed by atoms with Gasteiger partial charge in [-0.15, -0.1) is 0 Å². The number of para-hydroxylation sites is 2. The van der Waals surface area contributed by atoms with Crippen LogP contribution in [0.2, 0.25) is 0 Å². The maximum atomic E-state index is 13.2. The average molecular weight is 324 g/mol. The van der Waals surface area contributed by atoms with E-state index < -0.39 is 5.97 Å². The number of carboxylic acids is 1. The minimum absolute atomic E-state index is 0.146.